The average Bonchev–Trinajstić information content (AvgIpc) is 2.08. The maximum Gasteiger partial charge on any atom is 0.0693 e. The average molecular weight is 495 g/mol. The van der Waals surface area contributed by atoms with Crippen LogP contribution in [0.5, 0.6) is 0 Å². The smallest absolute Gasteiger partial charge is 0.0693 e. The van der Waals surface area contributed by atoms with Crippen molar-refractivity contribution in [3.05, 3.63) is 0 Å². The van der Waals surface area contributed by atoms with E-state index in [-0.39, 0.29) is 25.8 Å². The first-order valence-electron chi connectivity index (χ1n) is 3.31. The zero-order valence-electron chi connectivity index (χ0n) is 6.55. The topological polar surface area (TPSA) is 0 Å². The standard InChI is InChI=1S/C6H6Cl6.FH.W/c7-1-2(8)4(10)6(12)5(11)3(1)9;;/h1-6H;1H;. The summed E-state index contributed by atoms with van der Waals surface area (Å²) in [6.45, 7) is 0. The molecule has 0 aliphatic heterocycles. The van der Waals surface area contributed by atoms with Gasteiger partial charge in [-0.15, -0.1) is 69.6 Å². The zero-order valence-corrected chi connectivity index (χ0v) is 14.0. The molecule has 0 aromatic rings. The molecule has 0 nitrogen and oxygen atoms in total. The van der Waals surface area contributed by atoms with Gasteiger partial charge in [0.15, 0.2) is 0 Å². The van der Waals surface area contributed by atoms with Gasteiger partial charge in [-0.3, -0.25) is 4.70 Å². The summed E-state index contributed by atoms with van der Waals surface area (Å²) in [4.78, 5) is 0. The Hall–Kier alpha value is 2.36. The van der Waals surface area contributed by atoms with Gasteiger partial charge in [0.2, 0.25) is 0 Å². The van der Waals surface area contributed by atoms with Crippen LogP contribution in [-0.4, -0.2) is 32.3 Å². The number of hydrogen-bond acceptors (Lipinski definition) is 0. The van der Waals surface area contributed by atoms with Crippen molar-refractivity contribution in [1.82, 2.24) is 0 Å². The van der Waals surface area contributed by atoms with Crippen LogP contribution in [-0.2, 0) is 21.1 Å². The first-order valence-corrected chi connectivity index (χ1v) is 5.93. The van der Waals surface area contributed by atoms with E-state index in [0.717, 1.165) is 0 Å². The van der Waals surface area contributed by atoms with E-state index in [1.54, 1.807) is 0 Å². The Bertz CT molecular complexity index is 114. The molecule has 0 saturated heterocycles. The Balaban J connectivity index is 0. The van der Waals surface area contributed by atoms with Gasteiger partial charge in [-0.05, 0) is 0 Å². The minimum absolute atomic E-state index is 0. The quantitative estimate of drug-likeness (QED) is 0.450. The molecule has 8 heteroatoms. The Morgan fingerprint density at radius 2 is 0.500 bits per heavy atom. The van der Waals surface area contributed by atoms with Gasteiger partial charge in [0, 0.05) is 21.1 Å². The van der Waals surface area contributed by atoms with Gasteiger partial charge in [0.25, 0.3) is 0 Å². The van der Waals surface area contributed by atoms with Gasteiger partial charge < -0.3 is 0 Å². The molecule has 1 rings (SSSR count). The van der Waals surface area contributed by atoms with E-state index in [1.165, 1.54) is 0 Å². The molecule has 0 bridgehead atoms. The van der Waals surface area contributed by atoms with Crippen molar-refractivity contribution in [2.24, 2.45) is 0 Å². The van der Waals surface area contributed by atoms with Gasteiger partial charge >= 0.3 is 0 Å². The number of alkyl halides is 6. The molecule has 14 heavy (non-hydrogen) atoms. The Labute approximate surface area is 126 Å². The van der Waals surface area contributed by atoms with Crippen LogP contribution in [0.1, 0.15) is 0 Å². The first-order chi connectivity index (χ1) is 5.46. The molecule has 0 atom stereocenters. The summed E-state index contributed by atoms with van der Waals surface area (Å²) < 4.78 is 0. The monoisotopic (exact) mass is 492 g/mol. The van der Waals surface area contributed by atoms with Crippen molar-refractivity contribution in [2.75, 3.05) is 0 Å². The molecule has 0 radical (unpaired) electrons. The van der Waals surface area contributed by atoms with Crippen molar-refractivity contribution >= 4 is 69.6 Å². The second kappa shape index (κ2) is 7.64. The molecule has 0 heterocycles. The Morgan fingerprint density at radius 3 is 0.571 bits per heavy atom. The molecule has 0 aromatic heterocycles. The SMILES string of the molecule is ClC1C(Cl)C(Cl)C(Cl)C(Cl)C1Cl.F.[W]. The minimum Gasteiger partial charge on any atom is -0.269 e. The maximum absolute atomic E-state index is 5.88. The maximum atomic E-state index is 5.88. The normalized spacial score (nSPS) is 47.6. The number of hydrogen-bond donors (Lipinski definition) is 0. The van der Waals surface area contributed by atoms with Crippen molar-refractivity contribution < 1.29 is 25.8 Å². The van der Waals surface area contributed by atoms with E-state index >= 15 is 0 Å². The molecular weight excluding hydrogens is 488 g/mol. The van der Waals surface area contributed by atoms with Crippen molar-refractivity contribution in [1.29, 1.82) is 0 Å². The van der Waals surface area contributed by atoms with Crippen LogP contribution >= 0.6 is 69.6 Å². The number of rotatable bonds is 0. The van der Waals surface area contributed by atoms with Crippen LogP contribution < -0.4 is 0 Å². The predicted molar refractivity (Wildman–Crippen MR) is 60.3 cm³/mol. The molecule has 0 unspecified atom stereocenters. The second-order valence-electron chi connectivity index (χ2n) is 2.67. The van der Waals surface area contributed by atoms with Crippen LogP contribution in [0.25, 0.3) is 0 Å². The van der Waals surface area contributed by atoms with Crippen LogP contribution in [0.15, 0.2) is 0 Å². The summed E-state index contributed by atoms with van der Waals surface area (Å²) >= 11 is 35.3. The molecule has 1 aliphatic carbocycles. The third-order valence-corrected chi connectivity index (χ3v) is 5.86. The van der Waals surface area contributed by atoms with Gasteiger partial charge in [0.1, 0.15) is 0 Å². The zero-order chi connectivity index (χ0) is 9.46. The third kappa shape index (κ3) is 3.69. The summed E-state index contributed by atoms with van der Waals surface area (Å²) in [5.41, 5.74) is 0. The van der Waals surface area contributed by atoms with Crippen LogP contribution in [0.4, 0.5) is 4.70 Å². The summed E-state index contributed by atoms with van der Waals surface area (Å²) in [5.74, 6) is 0. The first kappa shape index (κ1) is 18.7. The summed E-state index contributed by atoms with van der Waals surface area (Å²) in [5, 5.41) is -2.62. The van der Waals surface area contributed by atoms with E-state index in [4.69, 9.17) is 69.6 Å². The van der Waals surface area contributed by atoms with Gasteiger partial charge in [0.05, 0.1) is 32.3 Å². The minimum atomic E-state index is -0.437. The molecule has 1 saturated carbocycles. The van der Waals surface area contributed by atoms with Gasteiger partial charge in [-0.1, -0.05) is 0 Å². The van der Waals surface area contributed by atoms with Crippen molar-refractivity contribution in [3.8, 4) is 0 Å². The molecule has 86 valence electrons. The van der Waals surface area contributed by atoms with E-state index in [2.05, 4.69) is 0 Å². The predicted octanol–water partition coefficient (Wildman–Crippen LogP) is 3.79. The fourth-order valence-electron chi connectivity index (χ4n) is 1.05. The second-order valence-corrected chi connectivity index (χ2v) is 5.69. The third-order valence-electron chi connectivity index (χ3n) is 1.83. The fraction of sp³-hybridized carbons (Fsp3) is 1.00. The van der Waals surface area contributed by atoms with E-state index in [0.29, 0.717) is 0 Å². The summed E-state index contributed by atoms with van der Waals surface area (Å²) in [6.07, 6.45) is 0. The Morgan fingerprint density at radius 1 is 0.429 bits per heavy atom. The van der Waals surface area contributed by atoms with Crippen LogP contribution in [0.3, 0.4) is 0 Å². The largest absolute Gasteiger partial charge is 0.269 e. The molecule has 0 aromatic carbocycles. The fourth-order valence-corrected chi connectivity index (χ4v) is 3.38. The molecular formula is C6H7Cl6FW. The van der Waals surface area contributed by atoms with Crippen LogP contribution in [0.2, 0.25) is 0 Å². The van der Waals surface area contributed by atoms with E-state index in [1.807, 2.05) is 0 Å². The summed E-state index contributed by atoms with van der Waals surface area (Å²) in [6, 6.07) is 0. The van der Waals surface area contributed by atoms with Crippen molar-refractivity contribution in [2.45, 2.75) is 32.3 Å². The van der Waals surface area contributed by atoms with E-state index in [9.17, 15) is 0 Å². The number of halogens is 7. The molecule has 0 amide bonds. The molecule has 0 N–H and O–H groups in total. The van der Waals surface area contributed by atoms with Gasteiger partial charge in [-0.2, -0.15) is 0 Å². The molecule has 1 fully saturated rings. The summed E-state index contributed by atoms with van der Waals surface area (Å²) in [7, 11) is 0. The Kier molecular flexibility index (Phi) is 10.2. The molecule has 0 spiro atoms. The van der Waals surface area contributed by atoms with Gasteiger partial charge in [-0.25, -0.2) is 0 Å². The van der Waals surface area contributed by atoms with Crippen molar-refractivity contribution in [3.63, 3.8) is 0 Å². The molecule has 1 aliphatic rings. The van der Waals surface area contributed by atoms with Crippen LogP contribution in [0, 0.1) is 0 Å². The van der Waals surface area contributed by atoms with E-state index < -0.39 is 32.3 Å².